The topological polar surface area (TPSA) is 26.3 Å². The number of hydrogen-bond acceptors (Lipinski definition) is 3. The van der Waals surface area contributed by atoms with Crippen molar-refractivity contribution in [1.29, 1.82) is 0 Å². The van der Waals surface area contributed by atoms with Crippen molar-refractivity contribution >= 4 is 17.6 Å². The molecule has 0 bridgehead atoms. The molecule has 0 spiro atoms. The molecule has 0 atom stereocenters. The van der Waals surface area contributed by atoms with E-state index in [1.54, 1.807) is 11.3 Å². The highest BCUT2D eigenvalue weighted by molar-refractivity contribution is 7.13. The summed E-state index contributed by atoms with van der Waals surface area (Å²) < 4.78 is 5.82. The van der Waals surface area contributed by atoms with Crippen LogP contribution in [0.2, 0.25) is 0 Å². The summed E-state index contributed by atoms with van der Waals surface area (Å²) >= 11 is 1.55. The van der Waals surface area contributed by atoms with E-state index in [0.717, 1.165) is 28.9 Å². The Hall–Kier alpha value is -1.61. The zero-order chi connectivity index (χ0) is 14.5. The Kier molecular flexibility index (Phi) is 4.96. The summed E-state index contributed by atoms with van der Waals surface area (Å²) in [6.07, 6.45) is 1.84. The number of rotatable bonds is 6. The minimum atomic E-state index is 0.522. The van der Waals surface area contributed by atoms with Crippen molar-refractivity contribution in [2.24, 2.45) is 0 Å². The number of ether oxygens (including phenoxy) is 1. The van der Waals surface area contributed by atoms with E-state index in [1.807, 2.05) is 18.2 Å². The maximum Gasteiger partial charge on any atom is 0.160 e. The molecule has 0 aliphatic carbocycles. The zero-order valence-corrected chi connectivity index (χ0v) is 13.0. The first-order valence-corrected chi connectivity index (χ1v) is 7.75. The molecule has 0 aliphatic heterocycles. The van der Waals surface area contributed by atoms with Gasteiger partial charge in [0.1, 0.15) is 12.4 Å². The van der Waals surface area contributed by atoms with Crippen molar-refractivity contribution in [3.05, 3.63) is 51.2 Å². The van der Waals surface area contributed by atoms with Crippen LogP contribution in [0.1, 0.15) is 52.4 Å². The van der Waals surface area contributed by atoms with Gasteiger partial charge in [0.15, 0.2) is 6.29 Å². The number of thiophene rings is 1. The third-order valence-electron chi connectivity index (χ3n) is 3.29. The normalized spacial score (nSPS) is 10.8. The van der Waals surface area contributed by atoms with Crippen molar-refractivity contribution in [2.45, 2.75) is 39.7 Å². The van der Waals surface area contributed by atoms with Crippen LogP contribution in [0, 0.1) is 0 Å². The average molecular weight is 288 g/mol. The molecule has 20 heavy (non-hydrogen) atoms. The molecule has 0 radical (unpaired) electrons. The second kappa shape index (κ2) is 6.71. The van der Waals surface area contributed by atoms with Crippen LogP contribution in [0.15, 0.2) is 30.3 Å². The molecule has 0 N–H and O–H groups in total. The molecular formula is C17H20O2S. The van der Waals surface area contributed by atoms with Crippen LogP contribution >= 0.6 is 11.3 Å². The molecule has 1 aromatic heterocycles. The van der Waals surface area contributed by atoms with E-state index in [4.69, 9.17) is 4.74 Å². The van der Waals surface area contributed by atoms with E-state index in [1.165, 1.54) is 10.4 Å². The summed E-state index contributed by atoms with van der Waals surface area (Å²) in [4.78, 5) is 12.8. The SMILES string of the molecule is CCc1sc(C=O)cc1COc1ccc(C(C)C)cc1. The summed E-state index contributed by atoms with van der Waals surface area (Å²) in [5.41, 5.74) is 2.43. The van der Waals surface area contributed by atoms with E-state index in [9.17, 15) is 4.79 Å². The first-order valence-electron chi connectivity index (χ1n) is 6.93. The monoisotopic (exact) mass is 288 g/mol. The number of aldehydes is 1. The lowest BCUT2D eigenvalue weighted by atomic mass is 10.0. The first kappa shape index (κ1) is 14.8. The van der Waals surface area contributed by atoms with E-state index in [-0.39, 0.29) is 0 Å². The molecule has 0 aliphatic rings. The molecule has 0 unspecified atom stereocenters. The van der Waals surface area contributed by atoms with Gasteiger partial charge in [-0.2, -0.15) is 0 Å². The highest BCUT2D eigenvalue weighted by Crippen LogP contribution is 2.24. The van der Waals surface area contributed by atoms with Crippen LogP contribution in [-0.4, -0.2) is 6.29 Å². The van der Waals surface area contributed by atoms with Gasteiger partial charge >= 0.3 is 0 Å². The smallest absolute Gasteiger partial charge is 0.160 e. The van der Waals surface area contributed by atoms with Gasteiger partial charge in [0, 0.05) is 10.4 Å². The number of aryl methyl sites for hydroxylation is 1. The molecule has 0 fully saturated rings. The van der Waals surface area contributed by atoms with Gasteiger partial charge in [-0.1, -0.05) is 32.9 Å². The van der Waals surface area contributed by atoms with Gasteiger partial charge in [0.25, 0.3) is 0 Å². The van der Waals surface area contributed by atoms with Gasteiger partial charge in [-0.15, -0.1) is 11.3 Å². The highest BCUT2D eigenvalue weighted by atomic mass is 32.1. The quantitative estimate of drug-likeness (QED) is 0.712. The molecule has 2 rings (SSSR count). The molecule has 0 saturated carbocycles. The Morgan fingerprint density at radius 1 is 1.25 bits per heavy atom. The second-order valence-electron chi connectivity index (χ2n) is 5.08. The molecule has 1 aromatic carbocycles. The summed E-state index contributed by atoms with van der Waals surface area (Å²) in [5, 5.41) is 0. The predicted molar refractivity (Wildman–Crippen MR) is 83.9 cm³/mol. The van der Waals surface area contributed by atoms with E-state index >= 15 is 0 Å². The predicted octanol–water partition coefficient (Wildman–Crippen LogP) is 4.83. The van der Waals surface area contributed by atoms with Crippen LogP contribution in [0.3, 0.4) is 0 Å². The van der Waals surface area contributed by atoms with Gasteiger partial charge in [-0.05, 0) is 36.1 Å². The van der Waals surface area contributed by atoms with Crippen molar-refractivity contribution in [3.8, 4) is 5.75 Å². The van der Waals surface area contributed by atoms with Crippen LogP contribution in [0.4, 0.5) is 0 Å². The average Bonchev–Trinajstić information content (AvgIpc) is 2.88. The molecule has 3 heteroatoms. The Balaban J connectivity index is 2.04. The Labute approximate surface area is 124 Å². The number of carbonyl (C=O) groups is 1. The van der Waals surface area contributed by atoms with E-state index in [0.29, 0.717) is 12.5 Å². The van der Waals surface area contributed by atoms with Gasteiger partial charge in [-0.25, -0.2) is 0 Å². The Bertz CT molecular complexity index is 567. The van der Waals surface area contributed by atoms with E-state index < -0.39 is 0 Å². The summed E-state index contributed by atoms with van der Waals surface area (Å²) in [6.45, 7) is 6.97. The molecule has 2 nitrogen and oxygen atoms in total. The minimum Gasteiger partial charge on any atom is -0.489 e. The number of benzene rings is 1. The van der Waals surface area contributed by atoms with Gasteiger partial charge in [0.2, 0.25) is 0 Å². The zero-order valence-electron chi connectivity index (χ0n) is 12.2. The maximum absolute atomic E-state index is 10.8. The summed E-state index contributed by atoms with van der Waals surface area (Å²) in [6, 6.07) is 10.2. The summed E-state index contributed by atoms with van der Waals surface area (Å²) in [7, 11) is 0. The summed E-state index contributed by atoms with van der Waals surface area (Å²) in [5.74, 6) is 1.40. The largest absolute Gasteiger partial charge is 0.489 e. The van der Waals surface area contributed by atoms with E-state index in [2.05, 4.69) is 32.9 Å². The maximum atomic E-state index is 10.8. The Morgan fingerprint density at radius 3 is 2.50 bits per heavy atom. The van der Waals surface area contributed by atoms with Gasteiger partial charge in [0.05, 0.1) is 4.88 Å². The van der Waals surface area contributed by atoms with Gasteiger partial charge < -0.3 is 4.74 Å². The molecule has 2 aromatic rings. The second-order valence-corrected chi connectivity index (χ2v) is 6.25. The molecule has 0 saturated heterocycles. The fourth-order valence-corrected chi connectivity index (χ4v) is 3.01. The number of hydrogen-bond donors (Lipinski definition) is 0. The third-order valence-corrected chi connectivity index (χ3v) is 4.54. The highest BCUT2D eigenvalue weighted by Gasteiger charge is 2.08. The van der Waals surface area contributed by atoms with Gasteiger partial charge in [-0.3, -0.25) is 4.79 Å². The molecule has 1 heterocycles. The number of carbonyl (C=O) groups excluding carboxylic acids is 1. The van der Waals surface area contributed by atoms with Crippen molar-refractivity contribution < 1.29 is 9.53 Å². The standard InChI is InChI=1S/C17H20O2S/c1-4-17-14(9-16(10-18)20-17)11-19-15-7-5-13(6-8-15)12(2)3/h5-10,12H,4,11H2,1-3H3. The first-order chi connectivity index (χ1) is 9.63. The fourth-order valence-electron chi connectivity index (χ4n) is 2.08. The van der Waals surface area contributed by atoms with Crippen LogP contribution < -0.4 is 4.74 Å². The molecule has 106 valence electrons. The lowest BCUT2D eigenvalue weighted by Crippen LogP contribution is -1.97. The van der Waals surface area contributed by atoms with Crippen molar-refractivity contribution in [3.63, 3.8) is 0 Å². The minimum absolute atomic E-state index is 0.522. The van der Waals surface area contributed by atoms with Crippen molar-refractivity contribution in [2.75, 3.05) is 0 Å². The fraction of sp³-hybridized carbons (Fsp3) is 0.353. The lowest BCUT2D eigenvalue weighted by Gasteiger charge is -2.09. The lowest BCUT2D eigenvalue weighted by molar-refractivity contribution is 0.112. The van der Waals surface area contributed by atoms with Crippen LogP contribution in [0.25, 0.3) is 0 Å². The molecule has 0 amide bonds. The third kappa shape index (κ3) is 3.48. The van der Waals surface area contributed by atoms with Crippen molar-refractivity contribution in [1.82, 2.24) is 0 Å². The molecular weight excluding hydrogens is 268 g/mol. The Morgan fingerprint density at radius 2 is 1.95 bits per heavy atom. The van der Waals surface area contributed by atoms with Crippen LogP contribution in [0.5, 0.6) is 5.75 Å². The van der Waals surface area contributed by atoms with Crippen LogP contribution in [-0.2, 0) is 13.0 Å².